The Balaban J connectivity index is 1.47. The lowest BCUT2D eigenvalue weighted by molar-refractivity contribution is -0.289. The summed E-state index contributed by atoms with van der Waals surface area (Å²) in [7, 11) is 2.80. The van der Waals surface area contributed by atoms with E-state index in [2.05, 4.69) is 16.2 Å². The fraction of sp³-hybridized carbons (Fsp3) is 0.548. The number of fused-ring (bicyclic) bond motifs is 2. The lowest BCUT2D eigenvalue weighted by atomic mass is 9.65. The van der Waals surface area contributed by atoms with Gasteiger partial charge in [-0.2, -0.15) is 0 Å². The molecule has 1 fully saturated rings. The molecule has 0 aromatic heterocycles. The molecular weight excluding hydrogens is 604 g/mol. The molecule has 4 atom stereocenters. The highest BCUT2D eigenvalue weighted by atomic mass is 32.1. The Morgan fingerprint density at radius 2 is 1.56 bits per heavy atom. The van der Waals surface area contributed by atoms with Gasteiger partial charge in [-0.05, 0) is 93.7 Å². The molecule has 1 saturated heterocycles. The number of carbonyl (C=O) groups excluding carboxylic acids is 1. The van der Waals surface area contributed by atoms with E-state index in [9.17, 15) is 25.3 Å². The number of rotatable bonds is 6. The molecule has 3 aliphatic rings. The van der Waals surface area contributed by atoms with Crippen molar-refractivity contribution in [3.8, 4) is 28.7 Å². The summed E-state index contributed by atoms with van der Waals surface area (Å²) in [4.78, 5) is 14.1. The van der Waals surface area contributed by atoms with Crippen LogP contribution in [-0.2, 0) is 10.0 Å². The smallest absolute Gasteiger partial charge is 0.242 e. The summed E-state index contributed by atoms with van der Waals surface area (Å²) in [6.07, 6.45) is -0.146. The minimum atomic E-state index is -1.22. The van der Waals surface area contributed by atoms with Crippen molar-refractivity contribution < 1.29 is 44.3 Å². The maximum absolute atomic E-state index is 14.1. The second-order valence-electron chi connectivity index (χ2n) is 13.0. The first kappa shape index (κ1) is 32.8. The highest BCUT2D eigenvalue weighted by Crippen LogP contribution is 2.53. The number of thiocarbonyl (C=S) groups is 1. The van der Waals surface area contributed by atoms with Crippen molar-refractivity contribution in [3.05, 3.63) is 41.0 Å². The van der Waals surface area contributed by atoms with E-state index < -0.39 is 47.4 Å². The fourth-order valence-electron chi connectivity index (χ4n) is 7.19. The van der Waals surface area contributed by atoms with E-state index in [1.807, 2.05) is 27.7 Å². The predicted molar refractivity (Wildman–Crippen MR) is 165 cm³/mol. The maximum Gasteiger partial charge on any atom is 0.242 e. The average Bonchev–Trinajstić information content (AvgIpc) is 3.45. The van der Waals surface area contributed by atoms with Crippen molar-refractivity contribution in [3.63, 3.8) is 0 Å². The number of hydrazine groups is 1. The molecular formula is C31H41N4O9S. The Kier molecular flexibility index (Phi) is 8.99. The van der Waals surface area contributed by atoms with Gasteiger partial charge in [-0.15, -0.1) is 10.3 Å². The van der Waals surface area contributed by atoms with Gasteiger partial charge in [0.05, 0.1) is 26.2 Å². The third-order valence-electron chi connectivity index (χ3n) is 9.06. The number of nitrogens with one attached hydrogen (secondary N) is 3. The number of aliphatic hydroxyl groups excluding tert-OH is 2. The molecule has 1 radical (unpaired) electrons. The lowest BCUT2D eigenvalue weighted by Crippen LogP contribution is -2.63. The number of benzene rings is 2. The van der Waals surface area contributed by atoms with Crippen LogP contribution in [-0.4, -0.2) is 76.1 Å². The van der Waals surface area contributed by atoms with Crippen LogP contribution >= 0.6 is 12.2 Å². The molecule has 2 heterocycles. The highest BCUT2D eigenvalue weighted by Gasteiger charge is 2.48. The van der Waals surface area contributed by atoms with Crippen molar-refractivity contribution in [2.24, 2.45) is 11.8 Å². The van der Waals surface area contributed by atoms with Crippen molar-refractivity contribution in [2.45, 2.75) is 69.7 Å². The molecule has 1 amide bonds. The van der Waals surface area contributed by atoms with Crippen molar-refractivity contribution >= 4 is 23.2 Å². The summed E-state index contributed by atoms with van der Waals surface area (Å²) in [5.41, 5.74) is 5.78. The molecule has 245 valence electrons. The molecule has 1 aliphatic carbocycles. The molecule has 13 nitrogen and oxygen atoms in total. The molecule has 5 rings (SSSR count). The van der Waals surface area contributed by atoms with Crippen molar-refractivity contribution in [1.82, 2.24) is 21.2 Å². The number of hydrogen-bond acceptors (Lipinski definition) is 10. The minimum Gasteiger partial charge on any atom is -0.502 e. The number of aromatic hydroxyl groups is 1. The normalized spacial score (nSPS) is 25.2. The summed E-state index contributed by atoms with van der Waals surface area (Å²) < 4.78 is 22.0. The van der Waals surface area contributed by atoms with E-state index in [0.29, 0.717) is 41.0 Å². The Bertz CT molecular complexity index is 1430. The molecule has 2 aromatic rings. The zero-order valence-corrected chi connectivity index (χ0v) is 27.0. The van der Waals surface area contributed by atoms with E-state index >= 15 is 0 Å². The van der Waals surface area contributed by atoms with E-state index in [0.717, 1.165) is 5.06 Å². The number of amides is 1. The van der Waals surface area contributed by atoms with Crippen LogP contribution in [0, 0.1) is 11.8 Å². The standard InChI is InChI=1S/C31H41N4O9S/c1-30(2)11-16(12-31(3,4)35(30)40)32-29(45)34-33-28(39)25-19(13-36)26(37)18-10-21-20(43-14-44-21)9-17(18)24(25)15-7-22(41-5)27(38)23(8-15)42-6/h7-10,16,19,24-26,36-38H,11-14H2,1-6H3,(H,33,39)(H2,32,34,45)/t19?,24-,25+,26+/m1/s1. The van der Waals surface area contributed by atoms with Gasteiger partial charge in [-0.1, -0.05) is 0 Å². The second-order valence-corrected chi connectivity index (χ2v) is 13.4. The first-order chi connectivity index (χ1) is 21.2. The average molecular weight is 646 g/mol. The van der Waals surface area contributed by atoms with Gasteiger partial charge in [0.25, 0.3) is 0 Å². The van der Waals surface area contributed by atoms with Gasteiger partial charge in [-0.3, -0.25) is 15.6 Å². The quantitative estimate of drug-likeness (QED) is 0.200. The van der Waals surface area contributed by atoms with Gasteiger partial charge >= 0.3 is 0 Å². The van der Waals surface area contributed by atoms with Gasteiger partial charge in [0.15, 0.2) is 28.1 Å². The van der Waals surface area contributed by atoms with E-state index in [4.69, 9.17) is 31.2 Å². The molecule has 14 heteroatoms. The number of hydrogen-bond donors (Lipinski definition) is 6. The predicted octanol–water partition coefficient (Wildman–Crippen LogP) is 2.40. The lowest BCUT2D eigenvalue weighted by Gasteiger charge is -2.50. The third-order valence-corrected chi connectivity index (χ3v) is 9.28. The van der Waals surface area contributed by atoms with Gasteiger partial charge in [-0.25, -0.2) is 0 Å². The molecule has 2 aromatic carbocycles. The number of methoxy groups -OCH3 is 2. The van der Waals surface area contributed by atoms with Crippen LogP contribution in [0.3, 0.4) is 0 Å². The van der Waals surface area contributed by atoms with Crippen LogP contribution in [0.15, 0.2) is 24.3 Å². The molecule has 6 N–H and O–H groups in total. The Morgan fingerprint density at radius 1 is 1.00 bits per heavy atom. The van der Waals surface area contributed by atoms with E-state index in [1.165, 1.54) is 14.2 Å². The SMILES string of the molecule is COc1cc([C@@H]2c3cc4c(cc3[C@H](O)C(CO)[C@@H]2C(=O)NNC(=S)NC2CC(C)(C)N([O])C(C)(C)C2)OCO4)cc(OC)c1O. The first-order valence-corrected chi connectivity index (χ1v) is 15.1. The maximum atomic E-state index is 14.1. The van der Waals surface area contributed by atoms with E-state index in [1.54, 1.807) is 24.3 Å². The minimum absolute atomic E-state index is 0.00373. The van der Waals surface area contributed by atoms with Crippen LogP contribution in [0.1, 0.15) is 69.2 Å². The van der Waals surface area contributed by atoms with Crippen LogP contribution < -0.4 is 35.1 Å². The summed E-state index contributed by atoms with van der Waals surface area (Å²) in [6, 6.07) is 6.44. The largest absolute Gasteiger partial charge is 0.502 e. The molecule has 0 bridgehead atoms. The van der Waals surface area contributed by atoms with Gasteiger partial charge in [0.2, 0.25) is 18.4 Å². The van der Waals surface area contributed by atoms with Crippen LogP contribution in [0.2, 0.25) is 0 Å². The number of phenols is 1. The van der Waals surface area contributed by atoms with Gasteiger partial charge in [0.1, 0.15) is 0 Å². The number of phenolic OH excluding ortho intramolecular Hbond substituents is 1. The summed E-state index contributed by atoms with van der Waals surface area (Å²) in [5.74, 6) is -2.36. The number of hydroxylamine groups is 2. The molecule has 1 unspecified atom stereocenters. The van der Waals surface area contributed by atoms with Gasteiger partial charge in [0, 0.05) is 35.6 Å². The number of carbonyl (C=O) groups is 1. The number of piperidine rings is 1. The topological polar surface area (TPSA) is 174 Å². The summed E-state index contributed by atoms with van der Waals surface area (Å²) in [6.45, 7) is 7.02. The number of nitrogens with zero attached hydrogens (tertiary/aromatic N) is 1. The Hall–Kier alpha value is -3.56. The summed E-state index contributed by atoms with van der Waals surface area (Å²) in [5, 5.41) is 49.9. The monoisotopic (exact) mass is 645 g/mol. The Labute approximate surface area is 267 Å². The molecule has 0 spiro atoms. The van der Waals surface area contributed by atoms with Crippen LogP contribution in [0.5, 0.6) is 28.7 Å². The molecule has 45 heavy (non-hydrogen) atoms. The second kappa shape index (κ2) is 12.3. The first-order valence-electron chi connectivity index (χ1n) is 14.7. The highest BCUT2D eigenvalue weighted by molar-refractivity contribution is 7.80. The zero-order chi connectivity index (χ0) is 32.8. The van der Waals surface area contributed by atoms with Crippen molar-refractivity contribution in [1.29, 1.82) is 0 Å². The molecule has 2 aliphatic heterocycles. The number of aliphatic hydroxyl groups is 2. The van der Waals surface area contributed by atoms with Crippen molar-refractivity contribution in [2.75, 3.05) is 27.6 Å². The molecule has 0 saturated carbocycles. The van der Waals surface area contributed by atoms with Crippen LogP contribution in [0.4, 0.5) is 0 Å². The number of ether oxygens (including phenoxy) is 4. The van der Waals surface area contributed by atoms with Crippen LogP contribution in [0.25, 0.3) is 0 Å². The Morgan fingerprint density at radius 3 is 2.09 bits per heavy atom. The van der Waals surface area contributed by atoms with Gasteiger partial charge < -0.3 is 39.6 Å². The third kappa shape index (κ3) is 6.04. The fourth-order valence-corrected chi connectivity index (χ4v) is 7.41. The zero-order valence-electron chi connectivity index (χ0n) is 26.2. The van der Waals surface area contributed by atoms with E-state index in [-0.39, 0.29) is 35.2 Å². The summed E-state index contributed by atoms with van der Waals surface area (Å²) >= 11 is 5.52.